The summed E-state index contributed by atoms with van der Waals surface area (Å²) in [4.78, 5) is 8.68. The summed E-state index contributed by atoms with van der Waals surface area (Å²) in [7, 11) is 0. The molecule has 2 heterocycles. The van der Waals surface area contributed by atoms with Crippen molar-refractivity contribution < 1.29 is 5.21 Å². The first-order valence-corrected chi connectivity index (χ1v) is 8.20. The maximum Gasteiger partial charge on any atom is 0.209 e. The van der Waals surface area contributed by atoms with Gasteiger partial charge in [0.2, 0.25) is 5.96 Å². The first-order chi connectivity index (χ1) is 11.3. The summed E-state index contributed by atoms with van der Waals surface area (Å²) in [6.07, 6.45) is 7.51. The molecule has 1 aliphatic heterocycles. The van der Waals surface area contributed by atoms with Gasteiger partial charge in [-0.05, 0) is 52.2 Å². The number of guanidine groups is 1. The molecule has 0 aromatic carbocycles. The van der Waals surface area contributed by atoms with E-state index < -0.39 is 0 Å². The molecule has 130 valence electrons. The highest BCUT2D eigenvalue weighted by molar-refractivity contribution is 5.94. The van der Waals surface area contributed by atoms with Crippen LogP contribution in [0.3, 0.4) is 0 Å². The third-order valence-corrected chi connectivity index (χ3v) is 4.69. The van der Waals surface area contributed by atoms with Crippen LogP contribution in [0.5, 0.6) is 0 Å². The summed E-state index contributed by atoms with van der Waals surface area (Å²) in [6.45, 7) is 8.13. The van der Waals surface area contributed by atoms with Gasteiger partial charge in [0, 0.05) is 29.2 Å². The molecule has 2 rings (SSSR count). The van der Waals surface area contributed by atoms with Gasteiger partial charge in [0.05, 0.1) is 6.04 Å². The average molecular weight is 330 g/mol. The monoisotopic (exact) mass is 330 g/mol. The van der Waals surface area contributed by atoms with Crippen molar-refractivity contribution in [1.29, 1.82) is 5.26 Å². The Kier molecular flexibility index (Phi) is 5.42. The molecule has 7 heteroatoms. The number of piperidine rings is 1. The second-order valence-corrected chi connectivity index (χ2v) is 7.11. The normalized spacial score (nSPS) is 27.3. The topological polar surface area (TPSA) is 96.6 Å². The van der Waals surface area contributed by atoms with Crippen molar-refractivity contribution in [3.63, 3.8) is 0 Å². The first kappa shape index (κ1) is 18.2. The zero-order valence-corrected chi connectivity index (χ0v) is 14.7. The van der Waals surface area contributed by atoms with Gasteiger partial charge in [-0.1, -0.05) is 6.92 Å². The lowest BCUT2D eigenvalue weighted by Crippen LogP contribution is -2.61. The van der Waals surface area contributed by atoms with E-state index in [0.29, 0.717) is 12.4 Å². The second-order valence-electron chi connectivity index (χ2n) is 7.11. The Balaban J connectivity index is 2.23. The number of pyridine rings is 1. The smallest absolute Gasteiger partial charge is 0.209 e. The lowest BCUT2D eigenvalue weighted by atomic mass is 9.77. The summed E-state index contributed by atoms with van der Waals surface area (Å²) in [6, 6.07) is 3.62. The molecule has 1 aliphatic rings. The number of nitrogens with one attached hydrogen (secondary N) is 2. The molecule has 2 unspecified atom stereocenters. The van der Waals surface area contributed by atoms with Crippen LogP contribution in [-0.2, 0) is 0 Å². The number of nitrogens with zero attached hydrogens (tertiary/aromatic N) is 4. The Morgan fingerprint density at radius 2 is 2.08 bits per heavy atom. The number of rotatable bonds is 3. The van der Waals surface area contributed by atoms with E-state index in [1.54, 1.807) is 12.4 Å². The highest BCUT2D eigenvalue weighted by atomic mass is 16.5. The van der Waals surface area contributed by atoms with Crippen molar-refractivity contribution >= 4 is 11.6 Å². The van der Waals surface area contributed by atoms with E-state index in [0.717, 1.165) is 18.5 Å². The zero-order valence-electron chi connectivity index (χ0n) is 14.7. The van der Waals surface area contributed by atoms with Crippen LogP contribution in [0.15, 0.2) is 29.5 Å². The number of hydrogen-bond acceptors (Lipinski definition) is 5. The van der Waals surface area contributed by atoms with Crippen LogP contribution in [0.2, 0.25) is 0 Å². The van der Waals surface area contributed by atoms with Crippen LogP contribution in [0.25, 0.3) is 0 Å². The molecule has 0 amide bonds. The van der Waals surface area contributed by atoms with Gasteiger partial charge in [-0.3, -0.25) is 10.3 Å². The molecule has 24 heavy (non-hydrogen) atoms. The lowest BCUT2D eigenvalue weighted by molar-refractivity contribution is -0.250. The Bertz CT molecular complexity index is 624. The van der Waals surface area contributed by atoms with E-state index in [2.05, 4.69) is 22.5 Å². The van der Waals surface area contributed by atoms with E-state index >= 15 is 0 Å². The van der Waals surface area contributed by atoms with Crippen molar-refractivity contribution in [2.75, 3.05) is 5.32 Å². The third-order valence-electron chi connectivity index (χ3n) is 4.69. The minimum absolute atomic E-state index is 0.00135. The van der Waals surface area contributed by atoms with E-state index in [1.807, 2.05) is 39.1 Å². The fourth-order valence-electron chi connectivity index (χ4n) is 3.35. The Labute approximate surface area is 143 Å². The Morgan fingerprint density at radius 3 is 2.67 bits per heavy atom. The van der Waals surface area contributed by atoms with Crippen LogP contribution < -0.4 is 10.6 Å². The summed E-state index contributed by atoms with van der Waals surface area (Å²) < 4.78 is 0. The molecule has 7 nitrogen and oxygen atoms in total. The number of aromatic nitrogens is 1. The van der Waals surface area contributed by atoms with E-state index in [4.69, 9.17) is 10.3 Å². The molecule has 0 radical (unpaired) electrons. The number of hydrogen-bond donors (Lipinski definition) is 3. The van der Waals surface area contributed by atoms with Gasteiger partial charge in [0.1, 0.15) is 0 Å². The minimum atomic E-state index is -0.383. The average Bonchev–Trinajstić information content (AvgIpc) is 2.53. The number of nitriles is 1. The summed E-state index contributed by atoms with van der Waals surface area (Å²) in [5.74, 6) is 0.411. The van der Waals surface area contributed by atoms with Gasteiger partial charge in [-0.25, -0.2) is 4.99 Å². The van der Waals surface area contributed by atoms with Gasteiger partial charge < -0.3 is 10.5 Å². The quantitative estimate of drug-likeness (QED) is 0.341. The molecule has 3 N–H and O–H groups in total. The Morgan fingerprint density at radius 1 is 1.42 bits per heavy atom. The van der Waals surface area contributed by atoms with Crippen molar-refractivity contribution in [2.24, 2.45) is 4.99 Å². The zero-order chi connectivity index (χ0) is 17.8. The van der Waals surface area contributed by atoms with Crippen LogP contribution >= 0.6 is 0 Å². The molecular formula is C17H26N6O. The molecule has 1 aromatic heterocycles. The van der Waals surface area contributed by atoms with Crippen molar-refractivity contribution in [1.82, 2.24) is 15.4 Å². The van der Waals surface area contributed by atoms with Crippen molar-refractivity contribution in [3.05, 3.63) is 24.5 Å². The molecule has 1 fully saturated rings. The molecule has 1 saturated heterocycles. The SMILES string of the molecule is CCC1(C)CC(N=C(NC#N)Nc2ccncc2)CC(C)(C)N1O. The maximum absolute atomic E-state index is 10.5. The van der Waals surface area contributed by atoms with Crippen LogP contribution in [0.4, 0.5) is 5.69 Å². The van der Waals surface area contributed by atoms with Gasteiger partial charge in [-0.15, -0.1) is 0 Å². The Hall–Kier alpha value is -2.17. The minimum Gasteiger partial charge on any atom is -0.325 e. The van der Waals surface area contributed by atoms with Gasteiger partial charge in [0.25, 0.3) is 0 Å². The fourth-order valence-corrected chi connectivity index (χ4v) is 3.35. The highest BCUT2D eigenvalue weighted by Gasteiger charge is 2.46. The standard InChI is InChI=1S/C17H26N6O/c1-5-17(4)11-14(10-16(2,3)23(17)24)22-15(20-12-18)21-13-6-8-19-9-7-13/h6-9,14,24H,5,10-11H2,1-4H3,(H2,19,20,21,22). The molecule has 0 aliphatic carbocycles. The van der Waals surface area contributed by atoms with Crippen molar-refractivity contribution in [2.45, 2.75) is 64.1 Å². The molecule has 2 atom stereocenters. The summed E-state index contributed by atoms with van der Waals surface area (Å²) >= 11 is 0. The van der Waals surface area contributed by atoms with E-state index in [9.17, 15) is 5.21 Å². The van der Waals surface area contributed by atoms with Crippen LogP contribution in [0.1, 0.15) is 47.0 Å². The van der Waals surface area contributed by atoms with Gasteiger partial charge in [0.15, 0.2) is 6.19 Å². The molecular weight excluding hydrogens is 304 g/mol. The highest BCUT2D eigenvalue weighted by Crippen LogP contribution is 2.40. The predicted octanol–water partition coefficient (Wildman–Crippen LogP) is 2.72. The van der Waals surface area contributed by atoms with Crippen LogP contribution in [0, 0.1) is 11.5 Å². The lowest BCUT2D eigenvalue weighted by Gasteiger charge is -2.52. The number of hydroxylamine groups is 2. The molecule has 0 saturated carbocycles. The fraction of sp³-hybridized carbons (Fsp3) is 0.588. The first-order valence-electron chi connectivity index (χ1n) is 8.20. The summed E-state index contributed by atoms with van der Waals surface area (Å²) in [5, 5.41) is 26.7. The van der Waals surface area contributed by atoms with E-state index in [-0.39, 0.29) is 17.1 Å². The maximum atomic E-state index is 10.5. The largest absolute Gasteiger partial charge is 0.325 e. The number of anilines is 1. The van der Waals surface area contributed by atoms with Crippen molar-refractivity contribution in [3.8, 4) is 6.19 Å². The van der Waals surface area contributed by atoms with Crippen LogP contribution in [-0.4, -0.2) is 38.3 Å². The third kappa shape index (κ3) is 4.02. The van der Waals surface area contributed by atoms with Gasteiger partial charge >= 0.3 is 0 Å². The molecule has 0 bridgehead atoms. The number of aliphatic imine (C=N–C) groups is 1. The molecule has 0 spiro atoms. The van der Waals surface area contributed by atoms with E-state index in [1.165, 1.54) is 5.06 Å². The second kappa shape index (κ2) is 7.16. The van der Waals surface area contributed by atoms with Gasteiger partial charge in [-0.2, -0.15) is 10.3 Å². The predicted molar refractivity (Wildman–Crippen MR) is 93.5 cm³/mol. The summed E-state index contributed by atoms with van der Waals surface area (Å²) in [5.41, 5.74) is 0.0826. The molecule has 1 aromatic rings.